The van der Waals surface area contributed by atoms with E-state index in [0.717, 1.165) is 11.0 Å². The number of esters is 2. The third-order valence-corrected chi connectivity index (χ3v) is 4.75. The van der Waals surface area contributed by atoms with Crippen LogP contribution in [0.2, 0.25) is 0 Å². The largest absolute Gasteiger partial charge is 0.478 e. The topological polar surface area (TPSA) is 168 Å². The molecule has 1 aromatic carbocycles. The van der Waals surface area contributed by atoms with Crippen LogP contribution in [0.15, 0.2) is 40.4 Å². The molecule has 1 aliphatic heterocycles. The first-order valence-electron chi connectivity index (χ1n) is 10.3. The van der Waals surface area contributed by atoms with Crippen LogP contribution in [0.25, 0.3) is 6.08 Å². The molecule has 3 amide bonds. The van der Waals surface area contributed by atoms with Gasteiger partial charge in [0.25, 0.3) is 11.6 Å². The lowest BCUT2D eigenvalue weighted by atomic mass is 10.1. The molecule has 0 radical (unpaired) electrons. The molecule has 2 aromatic rings. The lowest BCUT2D eigenvalue weighted by molar-refractivity contribution is -0.384. The maximum absolute atomic E-state index is 12.9. The normalized spacial score (nSPS) is 15.1. The van der Waals surface area contributed by atoms with E-state index in [1.807, 2.05) is 0 Å². The summed E-state index contributed by atoms with van der Waals surface area (Å²) in [7, 11) is 1.18. The fraction of sp³-hybridized carbons (Fsp3) is 0.273. The number of furan rings is 1. The summed E-state index contributed by atoms with van der Waals surface area (Å²) in [5, 5.41) is 13.6. The summed E-state index contributed by atoms with van der Waals surface area (Å²) < 4.78 is 20.3. The minimum absolute atomic E-state index is 0.0536. The Labute approximate surface area is 198 Å². The van der Waals surface area contributed by atoms with Crippen LogP contribution in [0, 0.1) is 10.1 Å². The van der Waals surface area contributed by atoms with Crippen molar-refractivity contribution in [2.75, 3.05) is 13.7 Å². The second kappa shape index (κ2) is 10.5. The van der Waals surface area contributed by atoms with Crippen molar-refractivity contribution in [3.63, 3.8) is 0 Å². The highest BCUT2D eigenvalue weighted by Crippen LogP contribution is 2.29. The van der Waals surface area contributed by atoms with Gasteiger partial charge in [0.2, 0.25) is 5.76 Å². The second-order valence-corrected chi connectivity index (χ2v) is 7.13. The van der Waals surface area contributed by atoms with Gasteiger partial charge in [-0.05, 0) is 38.1 Å². The molecule has 0 bridgehead atoms. The molecule has 2 heterocycles. The standard InChI is InChI=1S/C22H21N3O10/c1-4-33-20(27)12(2)34-17-7-5-14(25(30)31)9-13(17)10-16-19(26)24(22(29)23-16)11-15-6-8-18(35-15)21(28)32-3/h5-10,12H,4,11H2,1-3H3,(H,23,29)/b16-10-/t12-/m1/s1. The third kappa shape index (κ3) is 5.63. The van der Waals surface area contributed by atoms with Crippen molar-refractivity contribution in [3.05, 3.63) is 63.2 Å². The van der Waals surface area contributed by atoms with Gasteiger partial charge in [-0.3, -0.25) is 19.8 Å². The Morgan fingerprint density at radius 3 is 2.66 bits per heavy atom. The van der Waals surface area contributed by atoms with Gasteiger partial charge >= 0.3 is 18.0 Å². The zero-order valence-electron chi connectivity index (χ0n) is 18.9. The van der Waals surface area contributed by atoms with Crippen LogP contribution in [0.3, 0.4) is 0 Å². The van der Waals surface area contributed by atoms with E-state index < -0.39 is 34.9 Å². The van der Waals surface area contributed by atoms with Gasteiger partial charge in [-0.1, -0.05) is 0 Å². The van der Waals surface area contributed by atoms with Crippen LogP contribution in [0.1, 0.15) is 35.7 Å². The van der Waals surface area contributed by atoms with E-state index in [-0.39, 0.29) is 47.4 Å². The fourth-order valence-corrected chi connectivity index (χ4v) is 3.07. The van der Waals surface area contributed by atoms with Crippen molar-refractivity contribution < 1.29 is 42.7 Å². The first kappa shape index (κ1) is 25.0. The Morgan fingerprint density at radius 2 is 2.00 bits per heavy atom. The lowest BCUT2D eigenvalue weighted by Crippen LogP contribution is -2.30. The SMILES string of the molecule is CCOC(=O)[C@@H](C)Oc1ccc([N+](=O)[O-])cc1/C=C1\NC(=O)N(Cc2ccc(C(=O)OC)o2)C1=O. The Balaban J connectivity index is 1.87. The molecule has 0 spiro atoms. The average Bonchev–Trinajstić information content (AvgIpc) is 3.40. The van der Waals surface area contributed by atoms with Gasteiger partial charge in [-0.25, -0.2) is 14.4 Å². The molecule has 1 atom stereocenters. The number of non-ortho nitro benzene ring substituents is 1. The summed E-state index contributed by atoms with van der Waals surface area (Å²) in [5.41, 5.74) is -0.414. The molecule has 0 saturated carbocycles. The van der Waals surface area contributed by atoms with Gasteiger partial charge in [0.05, 0.1) is 25.2 Å². The number of hydrogen-bond donors (Lipinski definition) is 1. The van der Waals surface area contributed by atoms with E-state index in [4.69, 9.17) is 13.9 Å². The number of methoxy groups -OCH3 is 1. The summed E-state index contributed by atoms with van der Waals surface area (Å²) in [4.78, 5) is 60.2. The maximum atomic E-state index is 12.9. The number of ether oxygens (including phenoxy) is 3. The Hall–Kier alpha value is -4.68. The highest BCUT2D eigenvalue weighted by Gasteiger charge is 2.35. The highest BCUT2D eigenvalue weighted by molar-refractivity contribution is 6.14. The van der Waals surface area contributed by atoms with Crippen LogP contribution in [0.5, 0.6) is 5.75 Å². The molecule has 1 aliphatic rings. The Morgan fingerprint density at radius 1 is 1.26 bits per heavy atom. The van der Waals surface area contributed by atoms with Gasteiger partial charge < -0.3 is 23.9 Å². The summed E-state index contributed by atoms with van der Waals surface area (Å²) in [6.45, 7) is 2.92. The minimum atomic E-state index is -1.04. The molecule has 13 heteroatoms. The number of rotatable bonds is 9. The molecule has 1 aromatic heterocycles. The predicted octanol–water partition coefficient (Wildman–Crippen LogP) is 2.40. The van der Waals surface area contributed by atoms with E-state index in [1.54, 1.807) is 6.92 Å². The number of amides is 3. The van der Waals surface area contributed by atoms with Gasteiger partial charge in [0, 0.05) is 17.7 Å². The average molecular weight is 487 g/mol. The lowest BCUT2D eigenvalue weighted by Gasteiger charge is -2.15. The Kier molecular flexibility index (Phi) is 7.49. The Bertz CT molecular complexity index is 1220. The number of nitrogens with zero attached hydrogens (tertiary/aromatic N) is 2. The molecule has 3 rings (SSSR count). The number of carbonyl (C=O) groups excluding carboxylic acids is 4. The van der Waals surface area contributed by atoms with E-state index in [0.29, 0.717) is 0 Å². The van der Waals surface area contributed by atoms with Gasteiger partial charge in [-0.15, -0.1) is 0 Å². The molecule has 0 unspecified atom stereocenters. The van der Waals surface area contributed by atoms with Gasteiger partial charge in [0.1, 0.15) is 17.2 Å². The molecule has 13 nitrogen and oxygen atoms in total. The first-order chi connectivity index (χ1) is 16.6. The van der Waals surface area contributed by atoms with E-state index in [2.05, 4.69) is 10.1 Å². The molecule has 1 fully saturated rings. The second-order valence-electron chi connectivity index (χ2n) is 7.13. The van der Waals surface area contributed by atoms with Crippen LogP contribution in [-0.2, 0) is 25.6 Å². The van der Waals surface area contributed by atoms with E-state index >= 15 is 0 Å². The third-order valence-electron chi connectivity index (χ3n) is 4.75. The van der Waals surface area contributed by atoms with E-state index in [9.17, 15) is 29.3 Å². The number of nitro groups is 1. The van der Waals surface area contributed by atoms with Crippen molar-refractivity contribution in [1.29, 1.82) is 0 Å². The number of nitrogens with one attached hydrogen (secondary N) is 1. The summed E-state index contributed by atoms with van der Waals surface area (Å²) in [6, 6.07) is 5.57. The number of carbonyl (C=O) groups is 4. The van der Waals surface area contributed by atoms with Crippen LogP contribution < -0.4 is 10.1 Å². The zero-order chi connectivity index (χ0) is 25.7. The van der Waals surface area contributed by atoms with Crippen molar-refractivity contribution in [2.45, 2.75) is 26.5 Å². The van der Waals surface area contributed by atoms with Crippen LogP contribution >= 0.6 is 0 Å². The highest BCUT2D eigenvalue weighted by atomic mass is 16.6. The smallest absolute Gasteiger partial charge is 0.373 e. The number of urea groups is 1. The molecular weight excluding hydrogens is 466 g/mol. The van der Waals surface area contributed by atoms with Crippen LogP contribution in [0.4, 0.5) is 10.5 Å². The summed E-state index contributed by atoms with van der Waals surface area (Å²) in [5.74, 6) is -2.01. The fourth-order valence-electron chi connectivity index (χ4n) is 3.07. The van der Waals surface area contributed by atoms with Crippen molar-refractivity contribution in [1.82, 2.24) is 10.2 Å². The van der Waals surface area contributed by atoms with Gasteiger partial charge in [-0.2, -0.15) is 0 Å². The van der Waals surface area contributed by atoms with Crippen molar-refractivity contribution in [3.8, 4) is 5.75 Å². The number of imide groups is 1. The quantitative estimate of drug-likeness (QED) is 0.182. The first-order valence-corrected chi connectivity index (χ1v) is 10.3. The summed E-state index contributed by atoms with van der Waals surface area (Å²) in [6.07, 6.45) is 0.157. The number of hydrogen-bond acceptors (Lipinski definition) is 10. The van der Waals surface area contributed by atoms with Crippen molar-refractivity contribution >= 4 is 35.6 Å². The molecular formula is C22H21N3O10. The number of benzene rings is 1. The molecule has 1 N–H and O–H groups in total. The maximum Gasteiger partial charge on any atom is 0.373 e. The molecule has 0 aliphatic carbocycles. The van der Waals surface area contributed by atoms with E-state index in [1.165, 1.54) is 44.4 Å². The van der Waals surface area contributed by atoms with Crippen molar-refractivity contribution in [2.24, 2.45) is 0 Å². The van der Waals surface area contributed by atoms with Crippen LogP contribution in [-0.4, -0.2) is 53.5 Å². The monoisotopic (exact) mass is 487 g/mol. The minimum Gasteiger partial charge on any atom is -0.478 e. The predicted molar refractivity (Wildman–Crippen MR) is 117 cm³/mol. The molecule has 35 heavy (non-hydrogen) atoms. The summed E-state index contributed by atoms with van der Waals surface area (Å²) >= 11 is 0. The zero-order valence-corrected chi connectivity index (χ0v) is 18.9. The van der Waals surface area contributed by atoms with Gasteiger partial charge in [0.15, 0.2) is 6.10 Å². The molecule has 1 saturated heterocycles. The molecule has 184 valence electrons. The number of nitro benzene ring substituents is 1.